The van der Waals surface area contributed by atoms with Crippen molar-refractivity contribution in [3.8, 4) is 0 Å². The zero-order valence-electron chi connectivity index (χ0n) is 14.3. The molecular weight excluding hydrogens is 298 g/mol. The molecule has 0 spiro atoms. The van der Waals surface area contributed by atoms with Crippen molar-refractivity contribution >= 4 is 17.7 Å². The van der Waals surface area contributed by atoms with Crippen molar-refractivity contribution < 1.29 is 23.9 Å². The molecule has 23 heavy (non-hydrogen) atoms. The van der Waals surface area contributed by atoms with Crippen LogP contribution in [0.25, 0.3) is 0 Å². The number of allylic oxidation sites excluding steroid dienone is 2. The number of methoxy groups -OCH3 is 1. The Labute approximate surface area is 136 Å². The summed E-state index contributed by atoms with van der Waals surface area (Å²) in [6, 6.07) is 0. The normalized spacial score (nSPS) is 23.8. The van der Waals surface area contributed by atoms with Crippen molar-refractivity contribution in [3.05, 3.63) is 11.3 Å². The zero-order valence-corrected chi connectivity index (χ0v) is 14.3. The van der Waals surface area contributed by atoms with E-state index < -0.39 is 11.9 Å². The number of amides is 1. The summed E-state index contributed by atoms with van der Waals surface area (Å²) in [4.78, 5) is 38.9. The van der Waals surface area contributed by atoms with Crippen LogP contribution in [0.5, 0.6) is 0 Å². The molecule has 0 bridgehead atoms. The van der Waals surface area contributed by atoms with Gasteiger partial charge in [0.2, 0.25) is 5.91 Å². The molecule has 0 fully saturated rings. The van der Waals surface area contributed by atoms with Gasteiger partial charge in [-0.2, -0.15) is 0 Å². The van der Waals surface area contributed by atoms with E-state index in [9.17, 15) is 14.4 Å². The summed E-state index contributed by atoms with van der Waals surface area (Å²) < 4.78 is 10.1. The fourth-order valence-corrected chi connectivity index (χ4v) is 3.28. The van der Waals surface area contributed by atoms with Crippen molar-refractivity contribution in [2.75, 3.05) is 26.9 Å². The van der Waals surface area contributed by atoms with E-state index in [0.717, 1.165) is 5.70 Å². The van der Waals surface area contributed by atoms with Crippen LogP contribution in [0.3, 0.4) is 0 Å². The van der Waals surface area contributed by atoms with Gasteiger partial charge in [0.1, 0.15) is 5.92 Å². The van der Waals surface area contributed by atoms with E-state index in [1.165, 1.54) is 0 Å². The van der Waals surface area contributed by atoms with Crippen LogP contribution >= 0.6 is 0 Å². The number of hydrogen-bond acceptors (Lipinski definition) is 5. The summed E-state index contributed by atoms with van der Waals surface area (Å²) in [5.41, 5.74) is 1.19. The molecular formula is C17H25NO5. The van der Waals surface area contributed by atoms with Crippen LogP contribution in [0.15, 0.2) is 11.3 Å². The van der Waals surface area contributed by atoms with Crippen LogP contribution in [0.2, 0.25) is 0 Å². The third kappa shape index (κ3) is 3.63. The molecule has 1 unspecified atom stereocenters. The minimum Gasteiger partial charge on any atom is -0.465 e. The predicted octanol–water partition coefficient (Wildman–Crippen LogP) is 1.69. The van der Waals surface area contributed by atoms with E-state index in [1.807, 2.05) is 13.8 Å². The van der Waals surface area contributed by atoms with Crippen LogP contribution < -0.4 is 0 Å². The van der Waals surface area contributed by atoms with Crippen molar-refractivity contribution in [2.24, 2.45) is 11.3 Å². The first kappa shape index (κ1) is 17.7. The zero-order chi connectivity index (χ0) is 17.2. The Morgan fingerprint density at radius 3 is 2.61 bits per heavy atom. The van der Waals surface area contributed by atoms with Gasteiger partial charge in [0.15, 0.2) is 5.78 Å². The standard InChI is InChI=1S/C17H25NO5/c1-5-23-16(21)12-8-11-13(9-17(2,3)10-14(11)19)18(15(12)20)6-7-22-4/h12H,5-10H2,1-4H3. The third-order valence-electron chi connectivity index (χ3n) is 4.36. The molecule has 0 saturated carbocycles. The first-order valence-electron chi connectivity index (χ1n) is 8.03. The van der Waals surface area contributed by atoms with Gasteiger partial charge in [-0.3, -0.25) is 14.4 Å². The molecule has 6 heteroatoms. The summed E-state index contributed by atoms with van der Waals surface area (Å²) in [5, 5.41) is 0. The molecule has 128 valence electrons. The second-order valence-electron chi connectivity index (χ2n) is 6.86. The summed E-state index contributed by atoms with van der Waals surface area (Å²) in [7, 11) is 1.56. The van der Waals surface area contributed by atoms with E-state index in [0.29, 0.717) is 31.6 Å². The molecule has 1 amide bonds. The lowest BCUT2D eigenvalue weighted by Gasteiger charge is -2.41. The Kier molecular flexibility index (Phi) is 5.24. The molecule has 2 aliphatic rings. The number of nitrogens with zero attached hydrogens (tertiary/aromatic N) is 1. The fourth-order valence-electron chi connectivity index (χ4n) is 3.28. The number of carbonyl (C=O) groups excluding carboxylic acids is 3. The second kappa shape index (κ2) is 6.83. The highest BCUT2D eigenvalue weighted by molar-refractivity contribution is 6.05. The van der Waals surface area contributed by atoms with Crippen molar-refractivity contribution in [1.82, 2.24) is 4.90 Å². The van der Waals surface area contributed by atoms with Gasteiger partial charge >= 0.3 is 5.97 Å². The molecule has 0 aromatic heterocycles. The number of ketones is 1. The summed E-state index contributed by atoms with van der Waals surface area (Å²) in [6.07, 6.45) is 1.25. The SMILES string of the molecule is CCOC(=O)C1CC2=C(CC(C)(C)CC2=O)N(CCOC)C1=O. The molecule has 0 N–H and O–H groups in total. The predicted molar refractivity (Wildman–Crippen MR) is 83.4 cm³/mol. The highest BCUT2D eigenvalue weighted by atomic mass is 16.5. The first-order valence-corrected chi connectivity index (χ1v) is 8.03. The number of esters is 1. The second-order valence-corrected chi connectivity index (χ2v) is 6.86. The van der Waals surface area contributed by atoms with Crippen LogP contribution in [0.1, 0.15) is 40.0 Å². The maximum Gasteiger partial charge on any atom is 0.318 e. The lowest BCUT2D eigenvalue weighted by atomic mass is 9.72. The van der Waals surface area contributed by atoms with E-state index in [4.69, 9.17) is 9.47 Å². The van der Waals surface area contributed by atoms with E-state index in [2.05, 4.69) is 0 Å². The number of carbonyl (C=O) groups is 3. The molecule has 0 aromatic rings. The lowest BCUT2D eigenvalue weighted by Crippen LogP contribution is -2.48. The van der Waals surface area contributed by atoms with Gasteiger partial charge < -0.3 is 14.4 Å². The summed E-state index contributed by atoms with van der Waals surface area (Å²) in [5.74, 6) is -1.73. The molecule has 0 radical (unpaired) electrons. The van der Waals surface area contributed by atoms with Crippen LogP contribution in [-0.2, 0) is 23.9 Å². The van der Waals surface area contributed by atoms with E-state index in [-0.39, 0.29) is 30.1 Å². The Morgan fingerprint density at radius 2 is 2.00 bits per heavy atom. The highest BCUT2D eigenvalue weighted by Gasteiger charge is 2.45. The highest BCUT2D eigenvalue weighted by Crippen LogP contribution is 2.43. The lowest BCUT2D eigenvalue weighted by molar-refractivity contribution is -0.156. The van der Waals surface area contributed by atoms with Crippen molar-refractivity contribution in [3.63, 3.8) is 0 Å². The number of ether oxygens (including phenoxy) is 2. The van der Waals surface area contributed by atoms with Crippen LogP contribution in [0, 0.1) is 11.3 Å². The molecule has 1 aliphatic carbocycles. The van der Waals surface area contributed by atoms with Gasteiger partial charge in [0.05, 0.1) is 13.2 Å². The van der Waals surface area contributed by atoms with E-state index >= 15 is 0 Å². The topological polar surface area (TPSA) is 72.9 Å². The molecule has 1 heterocycles. The van der Waals surface area contributed by atoms with Crippen molar-refractivity contribution in [2.45, 2.75) is 40.0 Å². The molecule has 0 aromatic carbocycles. The minimum absolute atomic E-state index is 0.0282. The van der Waals surface area contributed by atoms with Gasteiger partial charge in [-0.1, -0.05) is 13.8 Å². The smallest absolute Gasteiger partial charge is 0.318 e. The Balaban J connectivity index is 2.38. The van der Waals surface area contributed by atoms with Gasteiger partial charge in [-0.05, 0) is 25.2 Å². The molecule has 1 aliphatic heterocycles. The van der Waals surface area contributed by atoms with Gasteiger partial charge in [-0.25, -0.2) is 0 Å². The quantitative estimate of drug-likeness (QED) is 0.568. The first-order chi connectivity index (χ1) is 10.8. The van der Waals surface area contributed by atoms with Crippen LogP contribution in [0.4, 0.5) is 0 Å². The van der Waals surface area contributed by atoms with Gasteiger partial charge in [0, 0.05) is 31.3 Å². The van der Waals surface area contributed by atoms with Crippen molar-refractivity contribution in [1.29, 1.82) is 0 Å². The van der Waals surface area contributed by atoms with Gasteiger partial charge in [-0.15, -0.1) is 0 Å². The average Bonchev–Trinajstić information content (AvgIpc) is 2.45. The van der Waals surface area contributed by atoms with Gasteiger partial charge in [0.25, 0.3) is 0 Å². The molecule has 6 nitrogen and oxygen atoms in total. The molecule has 1 atom stereocenters. The summed E-state index contributed by atoms with van der Waals surface area (Å²) in [6.45, 7) is 6.65. The molecule has 2 rings (SSSR count). The van der Waals surface area contributed by atoms with E-state index in [1.54, 1.807) is 18.9 Å². The maximum atomic E-state index is 12.7. The average molecular weight is 323 g/mol. The fraction of sp³-hybridized carbons (Fsp3) is 0.706. The Morgan fingerprint density at radius 1 is 1.30 bits per heavy atom. The maximum absolute atomic E-state index is 12.7. The molecule has 0 saturated heterocycles. The number of rotatable bonds is 5. The van der Waals surface area contributed by atoms with Crippen LogP contribution in [-0.4, -0.2) is 49.4 Å². The number of hydrogen-bond donors (Lipinski definition) is 0. The largest absolute Gasteiger partial charge is 0.465 e. The number of Topliss-reactive ketones (excluding diaryl/α,β-unsaturated/α-hetero) is 1. The monoisotopic (exact) mass is 323 g/mol. The minimum atomic E-state index is -0.921. The Hall–Kier alpha value is -1.69. The third-order valence-corrected chi connectivity index (χ3v) is 4.36. The summed E-state index contributed by atoms with van der Waals surface area (Å²) >= 11 is 0. The Bertz CT molecular complexity index is 549.